The van der Waals surface area contributed by atoms with Gasteiger partial charge in [-0.1, -0.05) is 23.2 Å². The Labute approximate surface area is 176 Å². The van der Waals surface area contributed by atoms with Gasteiger partial charge in [0.1, 0.15) is 29.7 Å². The van der Waals surface area contributed by atoms with E-state index in [-0.39, 0.29) is 18.3 Å². The number of hydrogen-bond donors (Lipinski definition) is 2. The largest absolute Gasteiger partial charge is 0.486 e. The van der Waals surface area contributed by atoms with Crippen LogP contribution in [0, 0.1) is 0 Å². The highest BCUT2D eigenvalue weighted by molar-refractivity contribution is 6.42. The van der Waals surface area contributed by atoms with Gasteiger partial charge < -0.3 is 14.5 Å². The van der Waals surface area contributed by atoms with E-state index in [0.717, 1.165) is 35.5 Å². The Balaban J connectivity index is 1.42. The van der Waals surface area contributed by atoms with E-state index < -0.39 is 0 Å². The number of aromatic nitrogens is 2. The maximum Gasteiger partial charge on any atom is 0.161 e. The van der Waals surface area contributed by atoms with Gasteiger partial charge in [-0.05, 0) is 37.1 Å². The van der Waals surface area contributed by atoms with Gasteiger partial charge in [0, 0.05) is 29.3 Å². The summed E-state index contributed by atoms with van der Waals surface area (Å²) in [6.45, 7) is 0.237. The molecule has 1 aliphatic heterocycles. The number of anilines is 1. The number of hydrogen-bond acceptors (Lipinski definition) is 5. The smallest absolute Gasteiger partial charge is 0.161 e. The van der Waals surface area contributed by atoms with Crippen LogP contribution in [0.4, 0.5) is 5.82 Å². The number of carbonyl (C=O) groups excluding carboxylic acids is 1. The van der Waals surface area contributed by atoms with Crippen molar-refractivity contribution >= 4 is 34.8 Å². The molecule has 148 valence electrons. The number of nitrogens with one attached hydrogen (secondary N) is 2. The molecule has 1 unspecified atom stereocenters. The zero-order valence-electron chi connectivity index (χ0n) is 15.3. The number of nitrogens with zero attached hydrogens (tertiary/aromatic N) is 1. The third-order valence-electron chi connectivity index (χ3n) is 5.24. The fourth-order valence-electron chi connectivity index (χ4n) is 3.89. The molecule has 2 aromatic heterocycles. The van der Waals surface area contributed by atoms with Crippen molar-refractivity contribution in [3.63, 3.8) is 0 Å². The highest BCUT2D eigenvalue weighted by atomic mass is 35.5. The van der Waals surface area contributed by atoms with Crippen LogP contribution in [0.15, 0.2) is 52.2 Å². The van der Waals surface area contributed by atoms with Crippen LogP contribution in [0.5, 0.6) is 5.75 Å². The molecule has 5 rings (SSSR count). The zero-order chi connectivity index (χ0) is 20.0. The number of carbonyl (C=O) groups is 1. The monoisotopic (exact) mass is 429 g/mol. The van der Waals surface area contributed by atoms with Crippen molar-refractivity contribution in [1.82, 2.24) is 10.2 Å². The second kappa shape index (κ2) is 7.28. The molecule has 1 aliphatic carbocycles. The summed E-state index contributed by atoms with van der Waals surface area (Å²) in [7, 11) is 0. The Bertz CT molecular complexity index is 1130. The van der Waals surface area contributed by atoms with Gasteiger partial charge in [-0.3, -0.25) is 9.89 Å². The summed E-state index contributed by atoms with van der Waals surface area (Å²) in [4.78, 5) is 12.7. The highest BCUT2D eigenvalue weighted by Gasteiger charge is 2.37. The molecule has 8 heteroatoms. The first-order chi connectivity index (χ1) is 14.1. The maximum absolute atomic E-state index is 12.7. The van der Waals surface area contributed by atoms with E-state index in [4.69, 9.17) is 32.4 Å². The van der Waals surface area contributed by atoms with Crippen LogP contribution in [-0.4, -0.2) is 16.0 Å². The molecule has 2 aliphatic rings. The standard InChI is InChI=1S/C21H17Cl2N3O3/c22-14-6-4-11(8-15(14)23)28-10-12-5-7-18(29-12)19-13-9-24-26-21(13)25-16-2-1-3-17(27)20(16)19/h4-9,19H,1-3,10H2,(H2,24,25,26). The summed E-state index contributed by atoms with van der Waals surface area (Å²) in [5.74, 6) is 2.65. The molecule has 29 heavy (non-hydrogen) atoms. The minimum atomic E-state index is -0.272. The van der Waals surface area contributed by atoms with Crippen LogP contribution in [-0.2, 0) is 11.4 Å². The molecule has 3 aromatic rings. The first-order valence-electron chi connectivity index (χ1n) is 9.33. The van der Waals surface area contributed by atoms with Gasteiger partial charge in [0.15, 0.2) is 5.78 Å². The Morgan fingerprint density at radius 2 is 2.07 bits per heavy atom. The highest BCUT2D eigenvalue weighted by Crippen LogP contribution is 2.44. The number of allylic oxidation sites excluding steroid dienone is 2. The lowest BCUT2D eigenvalue weighted by Gasteiger charge is -2.30. The lowest BCUT2D eigenvalue weighted by molar-refractivity contribution is -0.116. The molecule has 6 nitrogen and oxygen atoms in total. The van der Waals surface area contributed by atoms with Gasteiger partial charge >= 0.3 is 0 Å². The number of ketones is 1. The minimum Gasteiger partial charge on any atom is -0.486 e. The summed E-state index contributed by atoms with van der Waals surface area (Å²) in [5.41, 5.74) is 2.63. The van der Waals surface area contributed by atoms with E-state index in [9.17, 15) is 4.79 Å². The lowest BCUT2D eigenvalue weighted by atomic mass is 9.79. The van der Waals surface area contributed by atoms with Gasteiger partial charge in [-0.25, -0.2) is 0 Å². The molecule has 0 spiro atoms. The van der Waals surface area contributed by atoms with Crippen molar-refractivity contribution in [2.24, 2.45) is 0 Å². The van der Waals surface area contributed by atoms with E-state index in [1.165, 1.54) is 0 Å². The number of benzene rings is 1. The quantitative estimate of drug-likeness (QED) is 0.575. The van der Waals surface area contributed by atoms with Gasteiger partial charge in [0.05, 0.1) is 22.2 Å². The molecular formula is C21H17Cl2N3O3. The van der Waals surface area contributed by atoms with Gasteiger partial charge in [-0.2, -0.15) is 5.10 Å². The van der Waals surface area contributed by atoms with Crippen LogP contribution < -0.4 is 10.1 Å². The average molecular weight is 430 g/mol. The molecule has 0 radical (unpaired) electrons. The summed E-state index contributed by atoms with van der Waals surface area (Å²) < 4.78 is 11.8. The van der Waals surface area contributed by atoms with E-state index >= 15 is 0 Å². The van der Waals surface area contributed by atoms with Crippen LogP contribution >= 0.6 is 23.2 Å². The van der Waals surface area contributed by atoms with Crippen molar-refractivity contribution in [3.8, 4) is 5.75 Å². The average Bonchev–Trinajstić information content (AvgIpc) is 3.37. The second-order valence-electron chi connectivity index (χ2n) is 7.10. The Morgan fingerprint density at radius 3 is 2.93 bits per heavy atom. The van der Waals surface area contributed by atoms with E-state index in [0.29, 0.717) is 33.7 Å². The number of aromatic amines is 1. The van der Waals surface area contributed by atoms with E-state index in [1.54, 1.807) is 24.4 Å². The molecule has 0 amide bonds. The molecule has 0 saturated heterocycles. The SMILES string of the molecule is O=C1CCCC2=C1C(c1ccc(COc3ccc(Cl)c(Cl)c3)o1)c1cn[nH]c1N2. The second-order valence-corrected chi connectivity index (χ2v) is 7.91. The molecule has 3 heterocycles. The number of furan rings is 1. The lowest BCUT2D eigenvalue weighted by Crippen LogP contribution is -2.26. The van der Waals surface area contributed by atoms with Crippen LogP contribution in [0.2, 0.25) is 10.0 Å². The number of fused-ring (bicyclic) bond motifs is 1. The predicted octanol–water partition coefficient (Wildman–Crippen LogP) is 5.45. The third-order valence-corrected chi connectivity index (χ3v) is 5.98. The van der Waals surface area contributed by atoms with Crippen molar-refractivity contribution in [2.75, 3.05) is 5.32 Å². The van der Waals surface area contributed by atoms with Crippen LogP contribution in [0.1, 0.15) is 42.3 Å². The Hall–Kier alpha value is -2.70. The van der Waals surface area contributed by atoms with Gasteiger partial charge in [-0.15, -0.1) is 0 Å². The fourth-order valence-corrected chi connectivity index (χ4v) is 4.18. The summed E-state index contributed by atoms with van der Waals surface area (Å²) in [5, 5.41) is 11.3. The van der Waals surface area contributed by atoms with Crippen molar-refractivity contribution in [2.45, 2.75) is 31.8 Å². The Morgan fingerprint density at radius 1 is 1.17 bits per heavy atom. The Kier molecular flexibility index (Phi) is 4.60. The summed E-state index contributed by atoms with van der Waals surface area (Å²) in [6.07, 6.45) is 3.98. The van der Waals surface area contributed by atoms with Crippen LogP contribution in [0.25, 0.3) is 0 Å². The minimum absolute atomic E-state index is 0.153. The molecule has 0 fully saturated rings. The maximum atomic E-state index is 12.7. The van der Waals surface area contributed by atoms with Crippen molar-refractivity contribution in [1.29, 1.82) is 0 Å². The predicted molar refractivity (Wildman–Crippen MR) is 109 cm³/mol. The molecule has 0 saturated carbocycles. The molecule has 1 atom stereocenters. The first kappa shape index (κ1) is 18.3. The van der Waals surface area contributed by atoms with Crippen molar-refractivity contribution in [3.05, 3.63) is 74.9 Å². The molecule has 0 bridgehead atoms. The first-order valence-corrected chi connectivity index (χ1v) is 10.1. The van der Waals surface area contributed by atoms with E-state index in [2.05, 4.69) is 15.5 Å². The number of rotatable bonds is 4. The summed E-state index contributed by atoms with van der Waals surface area (Å²) in [6, 6.07) is 8.86. The number of ether oxygens (including phenoxy) is 1. The van der Waals surface area contributed by atoms with Gasteiger partial charge in [0.25, 0.3) is 0 Å². The van der Waals surface area contributed by atoms with Crippen LogP contribution in [0.3, 0.4) is 0 Å². The van der Waals surface area contributed by atoms with E-state index in [1.807, 2.05) is 12.1 Å². The van der Waals surface area contributed by atoms with Gasteiger partial charge in [0.2, 0.25) is 0 Å². The normalized spacial score (nSPS) is 18.3. The number of halogens is 2. The molecular weight excluding hydrogens is 413 g/mol. The number of Topliss-reactive ketones (excluding diaryl/α,β-unsaturated/α-hetero) is 1. The van der Waals surface area contributed by atoms with Crippen molar-refractivity contribution < 1.29 is 13.9 Å². The number of H-pyrrole nitrogens is 1. The third kappa shape index (κ3) is 3.32. The summed E-state index contributed by atoms with van der Waals surface area (Å²) >= 11 is 12.0. The zero-order valence-corrected chi connectivity index (χ0v) is 16.8. The molecule has 2 N–H and O–H groups in total. The topological polar surface area (TPSA) is 80.2 Å². The molecule has 1 aromatic carbocycles. The fraction of sp³-hybridized carbons (Fsp3) is 0.238.